The molecule has 4 nitrogen and oxygen atoms in total. The van der Waals surface area contributed by atoms with Gasteiger partial charge < -0.3 is 15.4 Å². The number of rotatable bonds is 3. The van der Waals surface area contributed by atoms with Crippen molar-refractivity contribution in [3.8, 4) is 5.75 Å². The molecule has 0 bridgehead atoms. The van der Waals surface area contributed by atoms with E-state index in [1.165, 1.54) is 5.56 Å². The van der Waals surface area contributed by atoms with Crippen molar-refractivity contribution in [2.75, 3.05) is 4.90 Å². The molecule has 114 valence electrons. The lowest BCUT2D eigenvalue weighted by molar-refractivity contribution is -0.125. The van der Waals surface area contributed by atoms with E-state index in [-0.39, 0.29) is 5.91 Å². The van der Waals surface area contributed by atoms with Crippen molar-refractivity contribution in [1.82, 2.24) is 0 Å². The minimum atomic E-state index is -0.481. The molecular formula is C18H20N2O2. The largest absolute Gasteiger partial charge is 0.479 e. The Bertz CT molecular complexity index is 695. The number of amides is 1. The van der Waals surface area contributed by atoms with Gasteiger partial charge in [-0.15, -0.1) is 0 Å². The van der Waals surface area contributed by atoms with Crippen LogP contribution in [0.1, 0.15) is 23.6 Å². The molecule has 1 unspecified atom stereocenters. The van der Waals surface area contributed by atoms with Gasteiger partial charge in [0, 0.05) is 6.54 Å². The van der Waals surface area contributed by atoms with E-state index in [2.05, 4.69) is 31.2 Å². The molecule has 0 aromatic heterocycles. The Labute approximate surface area is 130 Å². The van der Waals surface area contributed by atoms with Gasteiger partial charge in [-0.25, -0.2) is 0 Å². The van der Waals surface area contributed by atoms with Crippen molar-refractivity contribution in [3.63, 3.8) is 0 Å². The van der Waals surface area contributed by atoms with Crippen molar-refractivity contribution < 1.29 is 9.53 Å². The highest BCUT2D eigenvalue weighted by Crippen LogP contribution is 2.35. The van der Waals surface area contributed by atoms with Crippen LogP contribution in [0.15, 0.2) is 42.5 Å². The van der Waals surface area contributed by atoms with E-state index in [9.17, 15) is 4.79 Å². The predicted octanol–water partition coefficient (Wildman–Crippen LogP) is 2.77. The van der Waals surface area contributed by atoms with Crippen LogP contribution in [0.5, 0.6) is 5.75 Å². The van der Waals surface area contributed by atoms with Crippen LogP contribution in [0.4, 0.5) is 5.69 Å². The van der Waals surface area contributed by atoms with Crippen molar-refractivity contribution in [2.24, 2.45) is 5.73 Å². The summed E-state index contributed by atoms with van der Waals surface area (Å²) < 4.78 is 5.73. The summed E-state index contributed by atoms with van der Waals surface area (Å²) >= 11 is 0. The molecule has 2 N–H and O–H groups in total. The summed E-state index contributed by atoms with van der Waals surface area (Å²) in [7, 11) is 0. The van der Waals surface area contributed by atoms with E-state index in [4.69, 9.17) is 10.5 Å². The quantitative estimate of drug-likeness (QED) is 0.947. The lowest BCUT2D eigenvalue weighted by atomic mass is 10.1. The van der Waals surface area contributed by atoms with E-state index in [0.29, 0.717) is 13.1 Å². The first-order chi connectivity index (χ1) is 10.6. The predicted molar refractivity (Wildman–Crippen MR) is 86.8 cm³/mol. The lowest BCUT2D eigenvalue weighted by Gasteiger charge is -2.33. The summed E-state index contributed by atoms with van der Waals surface area (Å²) in [6, 6.07) is 14.0. The first-order valence-corrected chi connectivity index (χ1v) is 7.45. The second kappa shape index (κ2) is 5.81. The molecule has 0 aliphatic carbocycles. The topological polar surface area (TPSA) is 55.6 Å². The highest BCUT2D eigenvalue weighted by Gasteiger charge is 2.31. The molecule has 22 heavy (non-hydrogen) atoms. The Morgan fingerprint density at radius 2 is 1.82 bits per heavy atom. The van der Waals surface area contributed by atoms with E-state index < -0.39 is 6.10 Å². The maximum atomic E-state index is 12.5. The van der Waals surface area contributed by atoms with Gasteiger partial charge in [0.2, 0.25) is 0 Å². The van der Waals surface area contributed by atoms with Gasteiger partial charge in [0.1, 0.15) is 5.75 Å². The van der Waals surface area contributed by atoms with Gasteiger partial charge >= 0.3 is 0 Å². The molecule has 3 rings (SSSR count). The third-order valence-electron chi connectivity index (χ3n) is 3.93. The number of anilines is 1. The summed E-state index contributed by atoms with van der Waals surface area (Å²) in [6.07, 6.45) is -0.481. The molecule has 2 aromatic rings. The van der Waals surface area contributed by atoms with E-state index >= 15 is 0 Å². The zero-order valence-electron chi connectivity index (χ0n) is 12.9. The number of nitrogens with zero attached hydrogens (tertiary/aromatic N) is 1. The molecule has 1 aliphatic rings. The molecule has 1 heterocycles. The van der Waals surface area contributed by atoms with Crippen molar-refractivity contribution in [3.05, 3.63) is 59.2 Å². The maximum Gasteiger partial charge on any atom is 0.268 e. The highest BCUT2D eigenvalue weighted by molar-refractivity contribution is 5.99. The third-order valence-corrected chi connectivity index (χ3v) is 3.93. The lowest BCUT2D eigenvalue weighted by Crippen LogP contribution is -2.44. The smallest absolute Gasteiger partial charge is 0.268 e. The zero-order chi connectivity index (χ0) is 15.7. The number of fused-ring (bicyclic) bond motifs is 1. The molecule has 1 atom stereocenters. The molecule has 4 heteroatoms. The van der Waals surface area contributed by atoms with Gasteiger partial charge in [0.25, 0.3) is 5.91 Å². The Morgan fingerprint density at radius 3 is 2.50 bits per heavy atom. The van der Waals surface area contributed by atoms with Crippen LogP contribution in [0.25, 0.3) is 0 Å². The number of carbonyl (C=O) groups is 1. The van der Waals surface area contributed by atoms with Gasteiger partial charge in [-0.1, -0.05) is 35.9 Å². The average Bonchev–Trinajstić information content (AvgIpc) is 2.53. The Hall–Kier alpha value is -2.33. The Morgan fingerprint density at radius 1 is 1.14 bits per heavy atom. The number of nitrogens with two attached hydrogens (primary N) is 1. The second-order valence-corrected chi connectivity index (χ2v) is 5.68. The van der Waals surface area contributed by atoms with Crippen molar-refractivity contribution >= 4 is 11.6 Å². The van der Waals surface area contributed by atoms with Crippen LogP contribution in [0.3, 0.4) is 0 Å². The summed E-state index contributed by atoms with van der Waals surface area (Å²) in [6.45, 7) is 4.83. The molecule has 1 amide bonds. The normalized spacial score (nSPS) is 17.1. The molecule has 0 spiro atoms. The van der Waals surface area contributed by atoms with Crippen LogP contribution < -0.4 is 15.4 Å². The third kappa shape index (κ3) is 2.70. The summed E-state index contributed by atoms with van der Waals surface area (Å²) in [5.74, 6) is 0.704. The minimum absolute atomic E-state index is 0.0198. The number of hydrogen-bond donors (Lipinski definition) is 1. The average molecular weight is 296 g/mol. The minimum Gasteiger partial charge on any atom is -0.479 e. The number of ether oxygens (including phenoxy) is 1. The van der Waals surface area contributed by atoms with Crippen molar-refractivity contribution in [2.45, 2.75) is 33.0 Å². The number of aryl methyl sites for hydroxylation is 1. The zero-order valence-corrected chi connectivity index (χ0v) is 12.9. The van der Waals surface area contributed by atoms with Crippen molar-refractivity contribution in [1.29, 1.82) is 0 Å². The number of benzene rings is 2. The maximum absolute atomic E-state index is 12.5. The summed E-state index contributed by atoms with van der Waals surface area (Å²) in [4.78, 5) is 14.3. The number of hydrogen-bond acceptors (Lipinski definition) is 3. The molecule has 0 fully saturated rings. The highest BCUT2D eigenvalue weighted by atomic mass is 16.5. The van der Waals surface area contributed by atoms with Crippen LogP contribution in [-0.4, -0.2) is 12.0 Å². The Kier molecular flexibility index (Phi) is 3.86. The van der Waals surface area contributed by atoms with Crippen LogP contribution in [-0.2, 0) is 17.9 Å². The first-order valence-electron chi connectivity index (χ1n) is 7.45. The number of carbonyl (C=O) groups excluding carboxylic acids is 1. The summed E-state index contributed by atoms with van der Waals surface area (Å²) in [5, 5.41) is 0. The van der Waals surface area contributed by atoms with Crippen LogP contribution in [0.2, 0.25) is 0 Å². The fraction of sp³-hybridized carbons (Fsp3) is 0.278. The molecule has 2 aromatic carbocycles. The van der Waals surface area contributed by atoms with E-state index in [1.54, 1.807) is 11.8 Å². The van der Waals surface area contributed by atoms with E-state index in [0.717, 1.165) is 22.6 Å². The first kappa shape index (κ1) is 14.6. The molecule has 0 radical (unpaired) electrons. The fourth-order valence-corrected chi connectivity index (χ4v) is 2.62. The molecule has 0 saturated carbocycles. The SMILES string of the molecule is Cc1ccc(CN2C(=O)C(C)Oc3cc(CN)ccc32)cc1. The molecular weight excluding hydrogens is 276 g/mol. The van der Waals surface area contributed by atoms with Crippen LogP contribution >= 0.6 is 0 Å². The summed E-state index contributed by atoms with van der Waals surface area (Å²) in [5.41, 5.74) is 9.79. The van der Waals surface area contributed by atoms with Gasteiger partial charge in [0.05, 0.1) is 12.2 Å². The molecule has 0 saturated heterocycles. The monoisotopic (exact) mass is 296 g/mol. The van der Waals surface area contributed by atoms with Gasteiger partial charge in [-0.3, -0.25) is 4.79 Å². The van der Waals surface area contributed by atoms with Gasteiger partial charge in [-0.2, -0.15) is 0 Å². The standard InChI is InChI=1S/C18H20N2O2/c1-12-3-5-14(6-4-12)11-20-16-8-7-15(10-19)9-17(16)22-13(2)18(20)21/h3-9,13H,10-11,19H2,1-2H3. The second-order valence-electron chi connectivity index (χ2n) is 5.68. The van der Waals surface area contributed by atoms with Gasteiger partial charge in [0.15, 0.2) is 6.10 Å². The fourth-order valence-electron chi connectivity index (χ4n) is 2.62. The Balaban J connectivity index is 1.96. The van der Waals surface area contributed by atoms with Crippen LogP contribution in [0, 0.1) is 6.92 Å². The van der Waals surface area contributed by atoms with E-state index in [1.807, 2.05) is 18.2 Å². The van der Waals surface area contributed by atoms with Gasteiger partial charge in [-0.05, 0) is 37.1 Å². The molecule has 1 aliphatic heterocycles.